The maximum atomic E-state index is 12.3. The predicted octanol–water partition coefficient (Wildman–Crippen LogP) is 2.54. The van der Waals surface area contributed by atoms with Crippen LogP contribution in [0.3, 0.4) is 0 Å². The maximum Gasteiger partial charge on any atom is 0.254 e. The van der Waals surface area contributed by atoms with Crippen molar-refractivity contribution in [3.63, 3.8) is 0 Å². The summed E-state index contributed by atoms with van der Waals surface area (Å²) in [5.41, 5.74) is 2.83. The lowest BCUT2D eigenvalue weighted by atomic mass is 10.1. The molecule has 3 rings (SSSR count). The number of benzene rings is 1. The summed E-state index contributed by atoms with van der Waals surface area (Å²) in [5.74, 6) is 0.624. The van der Waals surface area contributed by atoms with Crippen molar-refractivity contribution in [2.45, 2.75) is 31.5 Å². The Morgan fingerprint density at radius 3 is 2.82 bits per heavy atom. The first kappa shape index (κ1) is 14.8. The van der Waals surface area contributed by atoms with Gasteiger partial charge in [0, 0.05) is 30.1 Å². The highest BCUT2D eigenvalue weighted by atomic mass is 32.2. The highest BCUT2D eigenvalue weighted by molar-refractivity contribution is 7.99. The molecular formula is C16H17N3O2S. The second-order valence-electron chi connectivity index (χ2n) is 5.42. The van der Waals surface area contributed by atoms with Crippen molar-refractivity contribution in [2.75, 3.05) is 11.1 Å². The normalized spacial score (nSPS) is 16.4. The van der Waals surface area contributed by atoms with E-state index < -0.39 is 0 Å². The van der Waals surface area contributed by atoms with Gasteiger partial charge in [0.2, 0.25) is 5.91 Å². The van der Waals surface area contributed by atoms with E-state index >= 15 is 0 Å². The van der Waals surface area contributed by atoms with Gasteiger partial charge < -0.3 is 5.32 Å². The summed E-state index contributed by atoms with van der Waals surface area (Å²) in [6, 6.07) is 7.21. The molecule has 1 aromatic carbocycles. The second-order valence-corrected chi connectivity index (χ2v) is 6.41. The summed E-state index contributed by atoms with van der Waals surface area (Å²) in [6.45, 7) is 3.94. The highest BCUT2D eigenvalue weighted by Gasteiger charge is 2.26. The molecule has 1 amide bonds. The number of hydrogen-bond acceptors (Lipinski definition) is 4. The fourth-order valence-corrected chi connectivity index (χ4v) is 3.78. The maximum absolute atomic E-state index is 12.3. The Hall–Kier alpha value is -2.08. The molecule has 1 aliphatic rings. The molecule has 2 aromatic rings. The van der Waals surface area contributed by atoms with E-state index in [4.69, 9.17) is 0 Å². The van der Waals surface area contributed by atoms with Gasteiger partial charge in [-0.25, -0.2) is 4.98 Å². The van der Waals surface area contributed by atoms with Gasteiger partial charge in [0.05, 0.1) is 6.04 Å². The smallest absolute Gasteiger partial charge is 0.254 e. The largest absolute Gasteiger partial charge is 0.326 e. The van der Waals surface area contributed by atoms with Crippen LogP contribution in [0.4, 0.5) is 5.69 Å². The molecule has 1 N–H and O–H groups in total. The van der Waals surface area contributed by atoms with Gasteiger partial charge in [0.1, 0.15) is 0 Å². The summed E-state index contributed by atoms with van der Waals surface area (Å²) in [5, 5.41) is 3.66. The Morgan fingerprint density at radius 1 is 1.36 bits per heavy atom. The SMILES string of the molecule is Cc1cccc(C)c1NC(=O)C[C@H]1CSc2nccc(=O)n21. The first-order valence-corrected chi connectivity index (χ1v) is 8.11. The number of rotatable bonds is 3. The number of nitrogens with one attached hydrogen (secondary N) is 1. The number of thioether (sulfide) groups is 1. The number of para-hydroxylation sites is 1. The summed E-state index contributed by atoms with van der Waals surface area (Å²) >= 11 is 1.52. The average Bonchev–Trinajstić information content (AvgIpc) is 2.87. The Morgan fingerprint density at radius 2 is 2.09 bits per heavy atom. The van der Waals surface area contributed by atoms with E-state index in [1.54, 1.807) is 4.57 Å². The number of amides is 1. The molecule has 2 heterocycles. The third-order valence-corrected chi connectivity index (χ3v) is 4.89. The zero-order chi connectivity index (χ0) is 15.7. The molecular weight excluding hydrogens is 298 g/mol. The fraction of sp³-hybridized carbons (Fsp3) is 0.312. The number of aryl methyl sites for hydroxylation is 2. The Balaban J connectivity index is 1.76. The van der Waals surface area contributed by atoms with Crippen LogP contribution < -0.4 is 10.9 Å². The van der Waals surface area contributed by atoms with Gasteiger partial charge >= 0.3 is 0 Å². The van der Waals surface area contributed by atoms with Gasteiger partial charge in [-0.3, -0.25) is 14.2 Å². The molecule has 0 saturated carbocycles. The second kappa shape index (κ2) is 5.96. The summed E-state index contributed by atoms with van der Waals surface area (Å²) in [7, 11) is 0. The van der Waals surface area contributed by atoms with Gasteiger partial charge in [-0.15, -0.1) is 0 Å². The molecule has 0 aliphatic carbocycles. The highest BCUT2D eigenvalue weighted by Crippen LogP contribution is 2.32. The molecule has 114 valence electrons. The van der Waals surface area contributed by atoms with Crippen LogP contribution in [0.25, 0.3) is 0 Å². The average molecular weight is 315 g/mol. The minimum Gasteiger partial charge on any atom is -0.326 e. The van der Waals surface area contributed by atoms with Crippen LogP contribution in [0.5, 0.6) is 0 Å². The van der Waals surface area contributed by atoms with Crippen LogP contribution in [0.1, 0.15) is 23.6 Å². The van der Waals surface area contributed by atoms with Crippen molar-refractivity contribution in [3.8, 4) is 0 Å². The predicted molar refractivity (Wildman–Crippen MR) is 87.4 cm³/mol. The molecule has 1 atom stereocenters. The molecule has 0 saturated heterocycles. The summed E-state index contributed by atoms with van der Waals surface area (Å²) < 4.78 is 1.62. The van der Waals surface area contributed by atoms with Crippen LogP contribution in [-0.2, 0) is 4.79 Å². The molecule has 0 bridgehead atoms. The number of carbonyl (C=O) groups is 1. The minimum atomic E-state index is -0.134. The van der Waals surface area contributed by atoms with E-state index in [1.165, 1.54) is 24.0 Å². The zero-order valence-corrected chi connectivity index (χ0v) is 13.3. The van der Waals surface area contributed by atoms with Crippen molar-refractivity contribution < 1.29 is 4.79 Å². The molecule has 1 aliphatic heterocycles. The number of carbonyl (C=O) groups excluding carboxylic acids is 1. The van der Waals surface area contributed by atoms with Gasteiger partial charge in [-0.2, -0.15) is 0 Å². The standard InChI is InChI=1S/C16H17N3O2S/c1-10-4-3-5-11(2)15(10)18-13(20)8-12-9-22-16-17-7-6-14(21)19(12)16/h3-7,12H,8-9H2,1-2H3,(H,18,20)/t12-/m0/s1. The minimum absolute atomic E-state index is 0.0772. The Bertz CT molecular complexity index is 765. The summed E-state index contributed by atoms with van der Waals surface area (Å²) in [6.07, 6.45) is 1.79. The number of hydrogen-bond donors (Lipinski definition) is 1. The summed E-state index contributed by atoms with van der Waals surface area (Å²) in [4.78, 5) is 28.5. The van der Waals surface area contributed by atoms with Gasteiger partial charge in [-0.05, 0) is 25.0 Å². The van der Waals surface area contributed by atoms with E-state index in [2.05, 4.69) is 10.3 Å². The molecule has 0 unspecified atom stereocenters. The molecule has 0 fully saturated rings. The molecule has 0 radical (unpaired) electrons. The Labute approximate surface area is 132 Å². The molecule has 5 nitrogen and oxygen atoms in total. The van der Waals surface area contributed by atoms with Crippen LogP contribution in [0, 0.1) is 13.8 Å². The number of nitrogens with zero attached hydrogens (tertiary/aromatic N) is 2. The quantitative estimate of drug-likeness (QED) is 0.884. The zero-order valence-electron chi connectivity index (χ0n) is 12.5. The van der Waals surface area contributed by atoms with E-state index in [1.807, 2.05) is 32.0 Å². The first-order valence-electron chi connectivity index (χ1n) is 7.12. The van der Waals surface area contributed by atoms with Crippen LogP contribution >= 0.6 is 11.8 Å². The van der Waals surface area contributed by atoms with Crippen molar-refractivity contribution >= 4 is 23.4 Å². The lowest BCUT2D eigenvalue weighted by Gasteiger charge is -2.15. The third-order valence-electron chi connectivity index (χ3n) is 3.78. The van der Waals surface area contributed by atoms with E-state index in [0.29, 0.717) is 10.9 Å². The number of anilines is 1. The molecule has 6 heteroatoms. The van der Waals surface area contributed by atoms with Crippen molar-refractivity contribution in [2.24, 2.45) is 0 Å². The first-order chi connectivity index (χ1) is 10.6. The lowest BCUT2D eigenvalue weighted by molar-refractivity contribution is -0.116. The van der Waals surface area contributed by atoms with E-state index in [0.717, 1.165) is 16.8 Å². The van der Waals surface area contributed by atoms with Gasteiger partial charge in [0.25, 0.3) is 5.56 Å². The van der Waals surface area contributed by atoms with Crippen LogP contribution in [0.15, 0.2) is 40.4 Å². The van der Waals surface area contributed by atoms with Crippen LogP contribution in [0.2, 0.25) is 0 Å². The lowest BCUT2D eigenvalue weighted by Crippen LogP contribution is -2.27. The topological polar surface area (TPSA) is 64.0 Å². The Kier molecular flexibility index (Phi) is 4.02. The van der Waals surface area contributed by atoms with Crippen LogP contribution in [-0.4, -0.2) is 21.2 Å². The van der Waals surface area contributed by atoms with E-state index in [9.17, 15) is 9.59 Å². The molecule has 22 heavy (non-hydrogen) atoms. The molecule has 0 spiro atoms. The van der Waals surface area contributed by atoms with Crippen molar-refractivity contribution in [3.05, 3.63) is 51.9 Å². The third kappa shape index (κ3) is 2.78. The van der Waals surface area contributed by atoms with Crippen molar-refractivity contribution in [1.82, 2.24) is 9.55 Å². The number of fused-ring (bicyclic) bond motifs is 1. The van der Waals surface area contributed by atoms with Crippen molar-refractivity contribution in [1.29, 1.82) is 0 Å². The molecule has 1 aromatic heterocycles. The van der Waals surface area contributed by atoms with Gasteiger partial charge in [0.15, 0.2) is 5.16 Å². The number of aromatic nitrogens is 2. The van der Waals surface area contributed by atoms with Gasteiger partial charge in [-0.1, -0.05) is 30.0 Å². The fourth-order valence-electron chi connectivity index (χ4n) is 2.66. The monoisotopic (exact) mass is 315 g/mol. The van der Waals surface area contributed by atoms with E-state index in [-0.39, 0.29) is 23.9 Å².